The van der Waals surface area contributed by atoms with E-state index in [1.165, 1.54) is 57.8 Å². The molecule has 0 aromatic rings. The minimum absolute atomic E-state index is 0.814. The van der Waals surface area contributed by atoms with Gasteiger partial charge in [0.15, 0.2) is 0 Å². The number of rotatable bonds is 7. The standard InChI is InChI=1S/C13H27N/c1-3-4-5-6-11-13(14-2)12-9-7-8-10-12/h12-14H,3-11H2,1-2H3. The Hall–Kier alpha value is -0.0400. The van der Waals surface area contributed by atoms with Crippen LogP contribution < -0.4 is 5.32 Å². The van der Waals surface area contributed by atoms with Gasteiger partial charge in [-0.15, -0.1) is 0 Å². The summed E-state index contributed by atoms with van der Waals surface area (Å²) in [4.78, 5) is 0. The van der Waals surface area contributed by atoms with Crippen molar-refractivity contribution in [2.45, 2.75) is 70.8 Å². The molecule has 0 heterocycles. The molecule has 0 aliphatic heterocycles. The Bertz CT molecular complexity index is 127. The van der Waals surface area contributed by atoms with E-state index in [4.69, 9.17) is 0 Å². The highest BCUT2D eigenvalue weighted by molar-refractivity contribution is 4.79. The van der Waals surface area contributed by atoms with Crippen molar-refractivity contribution in [1.29, 1.82) is 0 Å². The molecule has 1 fully saturated rings. The highest BCUT2D eigenvalue weighted by Crippen LogP contribution is 2.29. The molecule has 1 aliphatic carbocycles. The average molecular weight is 197 g/mol. The maximum Gasteiger partial charge on any atom is 0.00923 e. The van der Waals surface area contributed by atoms with Crippen LogP contribution in [0.1, 0.15) is 64.7 Å². The Morgan fingerprint density at radius 2 is 1.86 bits per heavy atom. The van der Waals surface area contributed by atoms with Crippen molar-refractivity contribution in [2.75, 3.05) is 7.05 Å². The second kappa shape index (κ2) is 7.28. The van der Waals surface area contributed by atoms with Crippen molar-refractivity contribution in [1.82, 2.24) is 5.32 Å². The van der Waals surface area contributed by atoms with E-state index in [2.05, 4.69) is 19.3 Å². The van der Waals surface area contributed by atoms with Crippen molar-refractivity contribution >= 4 is 0 Å². The van der Waals surface area contributed by atoms with Gasteiger partial charge in [-0.25, -0.2) is 0 Å². The van der Waals surface area contributed by atoms with E-state index in [0.717, 1.165) is 12.0 Å². The van der Waals surface area contributed by atoms with Crippen LogP contribution in [0.25, 0.3) is 0 Å². The van der Waals surface area contributed by atoms with Crippen LogP contribution in [-0.2, 0) is 0 Å². The van der Waals surface area contributed by atoms with Gasteiger partial charge in [0.1, 0.15) is 0 Å². The second-order valence-electron chi connectivity index (χ2n) is 4.79. The fraction of sp³-hybridized carbons (Fsp3) is 1.00. The van der Waals surface area contributed by atoms with Crippen LogP contribution in [0.4, 0.5) is 0 Å². The van der Waals surface area contributed by atoms with Crippen molar-refractivity contribution in [3.05, 3.63) is 0 Å². The first-order chi connectivity index (χ1) is 6.88. The van der Waals surface area contributed by atoms with Crippen LogP contribution in [0.3, 0.4) is 0 Å². The lowest BCUT2D eigenvalue weighted by molar-refractivity contribution is 0.349. The molecule has 0 aromatic carbocycles. The molecule has 1 rings (SSSR count). The zero-order valence-electron chi connectivity index (χ0n) is 10.0. The number of unbranched alkanes of at least 4 members (excludes halogenated alkanes) is 3. The highest BCUT2D eigenvalue weighted by Gasteiger charge is 2.22. The third-order valence-corrected chi connectivity index (χ3v) is 3.71. The van der Waals surface area contributed by atoms with Crippen LogP contribution >= 0.6 is 0 Å². The van der Waals surface area contributed by atoms with Gasteiger partial charge in [0.2, 0.25) is 0 Å². The Labute approximate surface area is 89.7 Å². The third-order valence-electron chi connectivity index (χ3n) is 3.71. The largest absolute Gasteiger partial charge is 0.317 e. The van der Waals surface area contributed by atoms with Gasteiger partial charge in [-0.2, -0.15) is 0 Å². The van der Waals surface area contributed by atoms with Gasteiger partial charge in [0, 0.05) is 6.04 Å². The molecule has 1 aliphatic rings. The van der Waals surface area contributed by atoms with Crippen LogP contribution in [0.2, 0.25) is 0 Å². The normalized spacial score (nSPS) is 20.1. The van der Waals surface area contributed by atoms with Crippen LogP contribution in [0.15, 0.2) is 0 Å². The molecule has 0 amide bonds. The van der Waals surface area contributed by atoms with Gasteiger partial charge in [-0.3, -0.25) is 0 Å². The quantitative estimate of drug-likeness (QED) is 0.613. The summed E-state index contributed by atoms with van der Waals surface area (Å²) in [6.07, 6.45) is 12.9. The minimum Gasteiger partial charge on any atom is -0.317 e. The van der Waals surface area contributed by atoms with Crippen LogP contribution in [-0.4, -0.2) is 13.1 Å². The summed E-state index contributed by atoms with van der Waals surface area (Å²) in [6, 6.07) is 0.814. The van der Waals surface area contributed by atoms with Gasteiger partial charge in [-0.05, 0) is 32.2 Å². The average Bonchev–Trinajstić information content (AvgIpc) is 2.71. The van der Waals surface area contributed by atoms with Crippen LogP contribution in [0, 0.1) is 5.92 Å². The number of nitrogens with one attached hydrogen (secondary N) is 1. The molecule has 1 saturated carbocycles. The van der Waals surface area contributed by atoms with E-state index < -0.39 is 0 Å². The summed E-state index contributed by atoms with van der Waals surface area (Å²) in [5.41, 5.74) is 0. The first kappa shape index (κ1) is 12.0. The molecular formula is C13H27N. The monoisotopic (exact) mass is 197 g/mol. The molecule has 0 bridgehead atoms. The van der Waals surface area contributed by atoms with Crippen molar-refractivity contribution in [3.63, 3.8) is 0 Å². The zero-order chi connectivity index (χ0) is 10.2. The van der Waals surface area contributed by atoms with Gasteiger partial charge in [0.25, 0.3) is 0 Å². The SMILES string of the molecule is CCCCCCC(NC)C1CCCC1. The molecule has 84 valence electrons. The summed E-state index contributed by atoms with van der Waals surface area (Å²) < 4.78 is 0. The minimum atomic E-state index is 0.814. The van der Waals surface area contributed by atoms with Gasteiger partial charge >= 0.3 is 0 Å². The van der Waals surface area contributed by atoms with Crippen molar-refractivity contribution < 1.29 is 0 Å². The lowest BCUT2D eigenvalue weighted by Gasteiger charge is -2.22. The number of hydrogen-bond donors (Lipinski definition) is 1. The van der Waals surface area contributed by atoms with E-state index >= 15 is 0 Å². The summed E-state index contributed by atoms with van der Waals surface area (Å²) in [7, 11) is 2.14. The Balaban J connectivity index is 2.11. The molecular weight excluding hydrogens is 170 g/mol. The molecule has 1 heteroatoms. The molecule has 1 unspecified atom stereocenters. The van der Waals surface area contributed by atoms with Crippen molar-refractivity contribution in [3.8, 4) is 0 Å². The molecule has 1 atom stereocenters. The predicted octanol–water partition coefficient (Wildman–Crippen LogP) is 3.74. The molecule has 14 heavy (non-hydrogen) atoms. The van der Waals surface area contributed by atoms with Gasteiger partial charge in [-0.1, -0.05) is 45.4 Å². The van der Waals surface area contributed by atoms with Gasteiger partial charge in [0.05, 0.1) is 0 Å². The maximum absolute atomic E-state index is 3.52. The summed E-state index contributed by atoms with van der Waals surface area (Å²) in [5, 5.41) is 3.52. The fourth-order valence-electron chi connectivity index (χ4n) is 2.77. The zero-order valence-corrected chi connectivity index (χ0v) is 10.0. The van der Waals surface area contributed by atoms with Crippen LogP contribution in [0.5, 0.6) is 0 Å². The predicted molar refractivity (Wildman–Crippen MR) is 63.6 cm³/mol. The Kier molecular flexibility index (Phi) is 6.25. The van der Waals surface area contributed by atoms with Gasteiger partial charge < -0.3 is 5.32 Å². The highest BCUT2D eigenvalue weighted by atomic mass is 14.9. The van der Waals surface area contributed by atoms with E-state index in [-0.39, 0.29) is 0 Å². The van der Waals surface area contributed by atoms with E-state index in [0.29, 0.717) is 0 Å². The smallest absolute Gasteiger partial charge is 0.00923 e. The molecule has 0 aromatic heterocycles. The lowest BCUT2D eigenvalue weighted by Crippen LogP contribution is -2.32. The summed E-state index contributed by atoms with van der Waals surface area (Å²) in [5.74, 6) is 0.988. The van der Waals surface area contributed by atoms with E-state index in [1.54, 1.807) is 0 Å². The Morgan fingerprint density at radius 1 is 1.14 bits per heavy atom. The molecule has 1 nitrogen and oxygen atoms in total. The fourth-order valence-corrected chi connectivity index (χ4v) is 2.77. The summed E-state index contributed by atoms with van der Waals surface area (Å²) >= 11 is 0. The van der Waals surface area contributed by atoms with E-state index in [1.807, 2.05) is 0 Å². The molecule has 0 radical (unpaired) electrons. The molecule has 1 N–H and O–H groups in total. The maximum atomic E-state index is 3.52. The molecule has 0 saturated heterocycles. The topological polar surface area (TPSA) is 12.0 Å². The lowest BCUT2D eigenvalue weighted by atomic mass is 9.93. The first-order valence-electron chi connectivity index (χ1n) is 6.55. The van der Waals surface area contributed by atoms with E-state index in [9.17, 15) is 0 Å². The first-order valence-corrected chi connectivity index (χ1v) is 6.55. The second-order valence-corrected chi connectivity index (χ2v) is 4.79. The summed E-state index contributed by atoms with van der Waals surface area (Å²) in [6.45, 7) is 2.28. The molecule has 0 spiro atoms. The Morgan fingerprint density at radius 3 is 2.43 bits per heavy atom. The third kappa shape index (κ3) is 4.00. The number of hydrogen-bond acceptors (Lipinski definition) is 1. The van der Waals surface area contributed by atoms with Crippen molar-refractivity contribution in [2.24, 2.45) is 5.92 Å².